The zero-order valence-corrected chi connectivity index (χ0v) is 9.41. The van der Waals surface area contributed by atoms with Gasteiger partial charge in [0.2, 0.25) is 0 Å². The third-order valence-electron chi connectivity index (χ3n) is 2.84. The minimum absolute atomic E-state index is 0.172. The van der Waals surface area contributed by atoms with Gasteiger partial charge in [-0.2, -0.15) is 0 Å². The van der Waals surface area contributed by atoms with Crippen LogP contribution in [0.15, 0.2) is 16.5 Å². The van der Waals surface area contributed by atoms with Crippen LogP contribution in [0.5, 0.6) is 0 Å². The van der Waals surface area contributed by atoms with Gasteiger partial charge in [-0.05, 0) is 32.3 Å². The Kier molecular flexibility index (Phi) is 3.31. The van der Waals surface area contributed by atoms with Crippen molar-refractivity contribution in [2.75, 3.05) is 18.0 Å². The van der Waals surface area contributed by atoms with Crippen LogP contribution in [0.1, 0.15) is 31.9 Å². The number of hydrogen-bond acceptors (Lipinski definition) is 3. The van der Waals surface area contributed by atoms with E-state index >= 15 is 0 Å². The van der Waals surface area contributed by atoms with Crippen LogP contribution in [0, 0.1) is 0 Å². The summed E-state index contributed by atoms with van der Waals surface area (Å²) in [6.45, 7) is 4.26. The van der Waals surface area contributed by atoms with Crippen molar-refractivity contribution in [3.05, 3.63) is 17.9 Å². The number of piperidine rings is 1. The average Bonchev–Trinajstić information content (AvgIpc) is 2.67. The monoisotopic (exact) mass is 208 g/mol. The van der Waals surface area contributed by atoms with Gasteiger partial charge < -0.3 is 15.1 Å². The molecule has 1 fully saturated rings. The van der Waals surface area contributed by atoms with Gasteiger partial charge >= 0.3 is 0 Å². The van der Waals surface area contributed by atoms with Gasteiger partial charge in [-0.3, -0.25) is 0 Å². The van der Waals surface area contributed by atoms with Gasteiger partial charge in [0, 0.05) is 31.6 Å². The minimum Gasteiger partial charge on any atom is -0.446 e. The number of nitrogens with zero attached hydrogens (tertiary/aromatic N) is 1. The average molecular weight is 208 g/mol. The second-order valence-corrected chi connectivity index (χ2v) is 4.47. The fourth-order valence-electron chi connectivity index (χ4n) is 2.08. The highest BCUT2D eigenvalue weighted by Gasteiger charge is 2.14. The van der Waals surface area contributed by atoms with Crippen LogP contribution in [0.3, 0.4) is 0 Å². The predicted molar refractivity (Wildman–Crippen MR) is 62.1 cm³/mol. The van der Waals surface area contributed by atoms with E-state index in [-0.39, 0.29) is 6.04 Å². The Morgan fingerprint density at radius 1 is 1.33 bits per heavy atom. The molecular weight excluding hydrogens is 188 g/mol. The lowest BCUT2D eigenvalue weighted by Crippen LogP contribution is -2.28. The molecule has 0 radical (unpaired) electrons. The largest absolute Gasteiger partial charge is 0.446 e. The molecule has 1 aliphatic rings. The molecule has 15 heavy (non-hydrogen) atoms. The summed E-state index contributed by atoms with van der Waals surface area (Å²) < 4.78 is 5.78. The molecule has 0 aromatic carbocycles. The van der Waals surface area contributed by atoms with E-state index in [0.717, 1.165) is 31.2 Å². The van der Waals surface area contributed by atoms with Crippen molar-refractivity contribution in [3.63, 3.8) is 0 Å². The number of hydrogen-bond donors (Lipinski definition) is 1. The highest BCUT2D eigenvalue weighted by Crippen LogP contribution is 2.22. The Hall–Kier alpha value is -0.960. The SMILES string of the molecule is CC(N)Cc1ccc(N2CCCCC2)o1. The molecule has 0 spiro atoms. The molecule has 2 N–H and O–H groups in total. The fourth-order valence-corrected chi connectivity index (χ4v) is 2.08. The van der Waals surface area contributed by atoms with Crippen molar-refractivity contribution in [1.29, 1.82) is 0 Å². The molecule has 0 saturated carbocycles. The zero-order valence-electron chi connectivity index (χ0n) is 9.41. The molecule has 1 atom stereocenters. The first-order valence-electron chi connectivity index (χ1n) is 5.85. The fraction of sp³-hybridized carbons (Fsp3) is 0.667. The molecular formula is C12H20N2O. The van der Waals surface area contributed by atoms with Crippen molar-refractivity contribution in [3.8, 4) is 0 Å². The Morgan fingerprint density at radius 2 is 2.07 bits per heavy atom. The summed E-state index contributed by atoms with van der Waals surface area (Å²) in [6, 6.07) is 4.29. The molecule has 1 unspecified atom stereocenters. The van der Waals surface area contributed by atoms with E-state index in [9.17, 15) is 0 Å². The topological polar surface area (TPSA) is 42.4 Å². The summed E-state index contributed by atoms with van der Waals surface area (Å²) in [6.07, 6.45) is 4.74. The molecule has 1 aliphatic heterocycles. The second kappa shape index (κ2) is 4.71. The Morgan fingerprint density at radius 3 is 2.73 bits per heavy atom. The van der Waals surface area contributed by atoms with Gasteiger partial charge in [0.1, 0.15) is 5.76 Å². The normalized spacial score (nSPS) is 19.2. The van der Waals surface area contributed by atoms with Crippen LogP contribution >= 0.6 is 0 Å². The van der Waals surface area contributed by atoms with E-state index in [1.165, 1.54) is 19.3 Å². The van der Waals surface area contributed by atoms with Crippen molar-refractivity contribution < 1.29 is 4.42 Å². The molecule has 1 saturated heterocycles. The first-order valence-corrected chi connectivity index (χ1v) is 5.85. The summed E-state index contributed by atoms with van der Waals surface area (Å²) in [5.41, 5.74) is 5.74. The van der Waals surface area contributed by atoms with Crippen LogP contribution in [-0.2, 0) is 6.42 Å². The van der Waals surface area contributed by atoms with Crippen LogP contribution in [-0.4, -0.2) is 19.1 Å². The molecule has 1 aromatic rings. The van der Waals surface area contributed by atoms with Gasteiger partial charge in [-0.25, -0.2) is 0 Å². The van der Waals surface area contributed by atoms with Gasteiger partial charge in [-0.1, -0.05) is 0 Å². The summed E-state index contributed by atoms with van der Waals surface area (Å²) in [4.78, 5) is 2.33. The van der Waals surface area contributed by atoms with E-state index in [4.69, 9.17) is 10.2 Å². The third-order valence-corrected chi connectivity index (χ3v) is 2.84. The Labute approximate surface area is 91.2 Å². The molecule has 1 aromatic heterocycles. The van der Waals surface area contributed by atoms with Gasteiger partial charge in [0.25, 0.3) is 0 Å². The maximum atomic E-state index is 5.78. The van der Waals surface area contributed by atoms with Crippen molar-refractivity contribution in [1.82, 2.24) is 0 Å². The summed E-state index contributed by atoms with van der Waals surface area (Å²) >= 11 is 0. The van der Waals surface area contributed by atoms with E-state index in [2.05, 4.69) is 11.0 Å². The van der Waals surface area contributed by atoms with E-state index in [1.807, 2.05) is 13.0 Å². The van der Waals surface area contributed by atoms with Crippen LogP contribution in [0.25, 0.3) is 0 Å². The number of nitrogens with two attached hydrogens (primary N) is 1. The number of furan rings is 1. The standard InChI is InChI=1S/C12H20N2O/c1-10(13)9-11-5-6-12(15-11)14-7-3-2-4-8-14/h5-6,10H,2-4,7-9,13H2,1H3. The number of rotatable bonds is 3. The second-order valence-electron chi connectivity index (χ2n) is 4.47. The zero-order chi connectivity index (χ0) is 10.7. The highest BCUT2D eigenvalue weighted by atomic mass is 16.4. The summed E-state index contributed by atoms with van der Waals surface area (Å²) in [5.74, 6) is 2.02. The Bertz CT molecular complexity index is 300. The predicted octanol–water partition coefficient (Wildman–Crippen LogP) is 2.16. The Balaban J connectivity index is 1.99. The maximum Gasteiger partial charge on any atom is 0.195 e. The molecule has 3 heteroatoms. The molecule has 0 aliphatic carbocycles. The van der Waals surface area contributed by atoms with Gasteiger partial charge in [-0.15, -0.1) is 0 Å². The lowest BCUT2D eigenvalue weighted by Gasteiger charge is -2.26. The molecule has 84 valence electrons. The van der Waals surface area contributed by atoms with Crippen molar-refractivity contribution in [2.45, 2.75) is 38.6 Å². The lowest BCUT2D eigenvalue weighted by molar-refractivity contribution is 0.462. The first kappa shape index (κ1) is 10.6. The summed E-state index contributed by atoms with van der Waals surface area (Å²) in [7, 11) is 0. The lowest BCUT2D eigenvalue weighted by atomic mass is 10.1. The minimum atomic E-state index is 0.172. The molecule has 0 bridgehead atoms. The quantitative estimate of drug-likeness (QED) is 0.827. The van der Waals surface area contributed by atoms with Crippen molar-refractivity contribution in [2.24, 2.45) is 5.73 Å². The van der Waals surface area contributed by atoms with E-state index < -0.39 is 0 Å². The van der Waals surface area contributed by atoms with E-state index in [0.29, 0.717) is 0 Å². The number of anilines is 1. The molecule has 2 rings (SSSR count). The third kappa shape index (κ3) is 2.75. The summed E-state index contributed by atoms with van der Waals surface area (Å²) in [5, 5.41) is 0. The molecule has 0 amide bonds. The first-order chi connectivity index (χ1) is 7.25. The maximum absolute atomic E-state index is 5.78. The highest BCUT2D eigenvalue weighted by molar-refractivity contribution is 5.36. The smallest absolute Gasteiger partial charge is 0.195 e. The van der Waals surface area contributed by atoms with Gasteiger partial charge in [0.15, 0.2) is 5.88 Å². The van der Waals surface area contributed by atoms with Gasteiger partial charge in [0.05, 0.1) is 0 Å². The van der Waals surface area contributed by atoms with Crippen LogP contribution in [0.4, 0.5) is 5.88 Å². The van der Waals surface area contributed by atoms with E-state index in [1.54, 1.807) is 0 Å². The molecule has 3 nitrogen and oxygen atoms in total. The van der Waals surface area contributed by atoms with Crippen LogP contribution in [0.2, 0.25) is 0 Å². The molecule has 2 heterocycles. The van der Waals surface area contributed by atoms with Crippen LogP contribution < -0.4 is 10.6 Å². The van der Waals surface area contributed by atoms with Crippen molar-refractivity contribution >= 4 is 5.88 Å².